The van der Waals surface area contributed by atoms with Crippen LogP contribution in [0.25, 0.3) is 11.3 Å². The Balaban J connectivity index is 1.75. The molecule has 0 saturated carbocycles. The van der Waals surface area contributed by atoms with Gasteiger partial charge in [-0.3, -0.25) is 14.9 Å². The van der Waals surface area contributed by atoms with E-state index in [9.17, 15) is 4.79 Å². The Bertz CT molecular complexity index is 903. The lowest BCUT2D eigenvalue weighted by molar-refractivity contribution is 0.0950. The number of pyridine rings is 1. The molecule has 0 spiro atoms. The fourth-order valence-electron chi connectivity index (χ4n) is 2.28. The van der Waals surface area contributed by atoms with E-state index in [0.29, 0.717) is 22.8 Å². The largest absolute Gasteiger partial charge is 0.496 e. The molecule has 2 heterocycles. The molecule has 0 unspecified atom stereocenters. The summed E-state index contributed by atoms with van der Waals surface area (Å²) in [6.07, 6.45) is 3.34. The van der Waals surface area contributed by atoms with Crippen molar-refractivity contribution in [1.82, 2.24) is 20.6 Å². The SMILES string of the molecule is COc1ccccc1-c1cc(C(=O)NN=C(C)c2ccncc2)[nH]n1. The van der Waals surface area contributed by atoms with Gasteiger partial charge in [0.05, 0.1) is 18.5 Å². The summed E-state index contributed by atoms with van der Waals surface area (Å²) >= 11 is 0. The van der Waals surface area contributed by atoms with E-state index < -0.39 is 0 Å². The zero-order valence-electron chi connectivity index (χ0n) is 13.9. The number of amides is 1. The van der Waals surface area contributed by atoms with E-state index in [1.165, 1.54) is 0 Å². The number of hydrogen-bond acceptors (Lipinski definition) is 5. The zero-order valence-corrected chi connectivity index (χ0v) is 13.9. The van der Waals surface area contributed by atoms with Crippen LogP contribution in [-0.4, -0.2) is 33.9 Å². The van der Waals surface area contributed by atoms with Crippen molar-refractivity contribution >= 4 is 11.6 Å². The quantitative estimate of drug-likeness (QED) is 0.554. The molecule has 3 rings (SSSR count). The number of rotatable bonds is 5. The summed E-state index contributed by atoms with van der Waals surface area (Å²) in [6.45, 7) is 1.81. The summed E-state index contributed by atoms with van der Waals surface area (Å²) in [5.41, 5.74) is 5.82. The third-order valence-corrected chi connectivity index (χ3v) is 3.63. The van der Waals surface area contributed by atoms with Gasteiger partial charge in [-0.1, -0.05) is 12.1 Å². The van der Waals surface area contributed by atoms with Crippen molar-refractivity contribution < 1.29 is 9.53 Å². The Labute approximate surface area is 144 Å². The van der Waals surface area contributed by atoms with Gasteiger partial charge in [0.1, 0.15) is 11.4 Å². The van der Waals surface area contributed by atoms with Crippen LogP contribution in [-0.2, 0) is 0 Å². The van der Waals surface area contributed by atoms with Gasteiger partial charge in [0.2, 0.25) is 0 Å². The Hall–Kier alpha value is -3.48. The first-order valence-corrected chi connectivity index (χ1v) is 7.63. The lowest BCUT2D eigenvalue weighted by Crippen LogP contribution is -2.19. The third kappa shape index (κ3) is 3.72. The molecule has 25 heavy (non-hydrogen) atoms. The van der Waals surface area contributed by atoms with Crippen LogP contribution in [0.3, 0.4) is 0 Å². The topological polar surface area (TPSA) is 92.3 Å². The van der Waals surface area contributed by atoms with Crippen molar-refractivity contribution in [3.05, 3.63) is 66.1 Å². The number of para-hydroxylation sites is 1. The van der Waals surface area contributed by atoms with Crippen LogP contribution in [0.15, 0.2) is 60.0 Å². The van der Waals surface area contributed by atoms with Gasteiger partial charge < -0.3 is 4.74 Å². The minimum Gasteiger partial charge on any atom is -0.496 e. The lowest BCUT2D eigenvalue weighted by atomic mass is 10.1. The number of benzene rings is 1. The Kier molecular flexibility index (Phi) is 4.84. The Morgan fingerprint density at radius 1 is 1.20 bits per heavy atom. The summed E-state index contributed by atoms with van der Waals surface area (Å²) in [7, 11) is 1.59. The van der Waals surface area contributed by atoms with E-state index in [2.05, 4.69) is 25.7 Å². The van der Waals surface area contributed by atoms with Gasteiger partial charge in [-0.05, 0) is 37.3 Å². The Morgan fingerprint density at radius 2 is 1.96 bits per heavy atom. The smallest absolute Gasteiger partial charge is 0.289 e. The zero-order chi connectivity index (χ0) is 17.6. The molecule has 126 valence electrons. The van der Waals surface area contributed by atoms with E-state index in [0.717, 1.165) is 11.1 Å². The van der Waals surface area contributed by atoms with E-state index in [4.69, 9.17) is 4.74 Å². The third-order valence-electron chi connectivity index (χ3n) is 3.63. The molecule has 7 heteroatoms. The minimum absolute atomic E-state index is 0.312. The molecule has 2 N–H and O–H groups in total. The molecular weight excluding hydrogens is 318 g/mol. The molecule has 0 aliphatic rings. The van der Waals surface area contributed by atoms with E-state index >= 15 is 0 Å². The highest BCUT2D eigenvalue weighted by Crippen LogP contribution is 2.28. The number of carbonyl (C=O) groups excluding carboxylic acids is 1. The molecule has 0 bridgehead atoms. The van der Waals surface area contributed by atoms with Gasteiger partial charge in [0.25, 0.3) is 5.91 Å². The number of nitrogens with zero attached hydrogens (tertiary/aromatic N) is 3. The number of methoxy groups -OCH3 is 1. The molecule has 7 nitrogen and oxygen atoms in total. The van der Waals surface area contributed by atoms with Crippen LogP contribution < -0.4 is 10.2 Å². The Morgan fingerprint density at radius 3 is 2.72 bits per heavy atom. The van der Waals surface area contributed by atoms with Crippen molar-refractivity contribution in [3.8, 4) is 17.0 Å². The molecule has 1 aromatic carbocycles. The summed E-state index contributed by atoms with van der Waals surface area (Å²) in [5.74, 6) is 0.314. The van der Waals surface area contributed by atoms with E-state index in [1.54, 1.807) is 25.6 Å². The van der Waals surface area contributed by atoms with Crippen molar-refractivity contribution in [2.24, 2.45) is 5.10 Å². The van der Waals surface area contributed by atoms with Crippen molar-refractivity contribution in [1.29, 1.82) is 0 Å². The maximum Gasteiger partial charge on any atom is 0.289 e. The van der Waals surface area contributed by atoms with Crippen LogP contribution in [0.4, 0.5) is 0 Å². The van der Waals surface area contributed by atoms with Crippen molar-refractivity contribution in [2.45, 2.75) is 6.92 Å². The average molecular weight is 335 g/mol. The molecule has 0 aliphatic carbocycles. The van der Waals surface area contributed by atoms with Crippen LogP contribution in [0.2, 0.25) is 0 Å². The number of hydrogen-bond donors (Lipinski definition) is 2. The van der Waals surface area contributed by atoms with Gasteiger partial charge in [-0.25, -0.2) is 5.43 Å². The van der Waals surface area contributed by atoms with Gasteiger partial charge in [0.15, 0.2) is 0 Å². The average Bonchev–Trinajstić information content (AvgIpc) is 3.16. The van der Waals surface area contributed by atoms with Crippen LogP contribution in [0.5, 0.6) is 5.75 Å². The summed E-state index contributed by atoms with van der Waals surface area (Å²) in [4.78, 5) is 16.2. The number of aromatic amines is 1. The first kappa shape index (κ1) is 16.4. The van der Waals surface area contributed by atoms with E-state index in [1.807, 2.05) is 43.3 Å². The molecule has 0 fully saturated rings. The predicted molar refractivity (Wildman–Crippen MR) is 94.5 cm³/mol. The first-order chi connectivity index (χ1) is 12.2. The highest BCUT2D eigenvalue weighted by atomic mass is 16.5. The molecule has 1 amide bonds. The summed E-state index contributed by atoms with van der Waals surface area (Å²) < 4.78 is 5.32. The van der Waals surface area contributed by atoms with Crippen molar-refractivity contribution in [3.63, 3.8) is 0 Å². The predicted octanol–water partition coefficient (Wildman–Crippen LogP) is 2.63. The summed E-state index contributed by atoms with van der Waals surface area (Å²) in [6, 6.07) is 12.8. The highest BCUT2D eigenvalue weighted by molar-refractivity contribution is 6.00. The fraction of sp³-hybridized carbons (Fsp3) is 0.111. The van der Waals surface area contributed by atoms with E-state index in [-0.39, 0.29) is 5.91 Å². The highest BCUT2D eigenvalue weighted by Gasteiger charge is 2.13. The normalized spacial score (nSPS) is 11.2. The standard InChI is InChI=1S/C18H17N5O2/c1-12(13-7-9-19-10-8-13)20-23-18(24)16-11-15(21-22-16)14-5-3-4-6-17(14)25-2/h3-11H,1-2H3,(H,21,22)(H,23,24). The molecule has 0 atom stereocenters. The minimum atomic E-state index is -0.373. The van der Waals surface area contributed by atoms with Crippen LogP contribution in [0.1, 0.15) is 23.0 Å². The second-order valence-corrected chi connectivity index (χ2v) is 5.24. The number of carbonyl (C=O) groups is 1. The monoisotopic (exact) mass is 335 g/mol. The van der Waals surface area contributed by atoms with Gasteiger partial charge in [-0.15, -0.1) is 0 Å². The molecule has 2 aromatic heterocycles. The number of hydrazone groups is 1. The molecule has 0 aliphatic heterocycles. The van der Waals surface area contributed by atoms with Crippen molar-refractivity contribution in [2.75, 3.05) is 7.11 Å². The summed E-state index contributed by atoms with van der Waals surface area (Å²) in [5, 5.41) is 11.0. The molecular formula is C18H17N5O2. The number of aromatic nitrogens is 3. The maximum atomic E-state index is 12.2. The number of ether oxygens (including phenoxy) is 1. The molecule has 0 saturated heterocycles. The first-order valence-electron chi connectivity index (χ1n) is 7.63. The van der Waals surface area contributed by atoms with Gasteiger partial charge in [-0.2, -0.15) is 10.2 Å². The fourth-order valence-corrected chi connectivity index (χ4v) is 2.28. The van der Waals surface area contributed by atoms with Gasteiger partial charge in [0, 0.05) is 23.5 Å². The van der Waals surface area contributed by atoms with Crippen LogP contribution in [0, 0.1) is 0 Å². The number of H-pyrrole nitrogens is 1. The van der Waals surface area contributed by atoms with Crippen LogP contribution >= 0.6 is 0 Å². The molecule has 0 radical (unpaired) electrons. The molecule has 3 aromatic rings. The lowest BCUT2D eigenvalue weighted by Gasteiger charge is -2.04. The second kappa shape index (κ2) is 7.39. The maximum absolute atomic E-state index is 12.2. The number of nitrogens with one attached hydrogen (secondary N) is 2. The second-order valence-electron chi connectivity index (χ2n) is 5.24. The van der Waals surface area contributed by atoms with Gasteiger partial charge >= 0.3 is 0 Å².